The van der Waals surface area contributed by atoms with Crippen LogP contribution in [-0.2, 0) is 0 Å². The van der Waals surface area contributed by atoms with Gasteiger partial charge in [0.2, 0.25) is 0 Å². The van der Waals surface area contributed by atoms with E-state index in [0.29, 0.717) is 16.5 Å². The molecule has 0 heterocycles. The lowest BCUT2D eigenvalue weighted by molar-refractivity contribution is 0.105. The summed E-state index contributed by atoms with van der Waals surface area (Å²) in [5.74, 6) is 1.32. The lowest BCUT2D eigenvalue weighted by Crippen LogP contribution is -2.11. The van der Waals surface area contributed by atoms with E-state index in [4.69, 9.17) is 21.1 Å². The van der Waals surface area contributed by atoms with E-state index in [1.54, 1.807) is 31.4 Å². The minimum absolute atomic E-state index is 0.154. The maximum absolute atomic E-state index is 10.2. The Morgan fingerprint density at radius 2 is 1.85 bits per heavy atom. The van der Waals surface area contributed by atoms with E-state index >= 15 is 0 Å². The molecule has 0 fully saturated rings. The van der Waals surface area contributed by atoms with Gasteiger partial charge in [0, 0.05) is 10.6 Å². The van der Waals surface area contributed by atoms with Gasteiger partial charge in [-0.1, -0.05) is 23.2 Å². The van der Waals surface area contributed by atoms with E-state index in [1.807, 2.05) is 25.1 Å². The van der Waals surface area contributed by atoms with Crippen LogP contribution in [0.2, 0.25) is 5.02 Å². The van der Waals surface area contributed by atoms with E-state index in [0.717, 1.165) is 11.1 Å². The highest BCUT2D eigenvalue weighted by molar-refractivity contribution is 6.30. The highest BCUT2D eigenvalue weighted by Gasteiger charge is 2.14. The van der Waals surface area contributed by atoms with Crippen molar-refractivity contribution in [3.05, 3.63) is 58.6 Å². The molecule has 0 aromatic heterocycles. The molecule has 0 spiro atoms. The Hall–Kier alpha value is -1.71. The Bertz CT molecular complexity index is 566. The quantitative estimate of drug-likeness (QED) is 0.912. The zero-order valence-corrected chi connectivity index (χ0v) is 12.2. The topological polar surface area (TPSA) is 38.7 Å². The lowest BCUT2D eigenvalue weighted by atomic mass is 10.1. The SMILES string of the molecule is COc1ccc(C)cc1C(O)COc1ccc(Cl)cc1. The molecule has 106 valence electrons. The summed E-state index contributed by atoms with van der Waals surface area (Å²) in [6.07, 6.45) is -0.750. The monoisotopic (exact) mass is 292 g/mol. The summed E-state index contributed by atoms with van der Waals surface area (Å²) >= 11 is 5.81. The second-order valence-corrected chi connectivity index (χ2v) is 4.96. The third-order valence-electron chi connectivity index (χ3n) is 2.97. The van der Waals surface area contributed by atoms with Crippen LogP contribution in [0.5, 0.6) is 11.5 Å². The van der Waals surface area contributed by atoms with Gasteiger partial charge < -0.3 is 14.6 Å². The molecule has 20 heavy (non-hydrogen) atoms. The number of aliphatic hydroxyl groups is 1. The maximum atomic E-state index is 10.2. The van der Waals surface area contributed by atoms with E-state index in [2.05, 4.69) is 0 Å². The van der Waals surface area contributed by atoms with Crippen LogP contribution in [-0.4, -0.2) is 18.8 Å². The van der Waals surface area contributed by atoms with Crippen molar-refractivity contribution in [2.24, 2.45) is 0 Å². The molecule has 1 atom stereocenters. The summed E-state index contributed by atoms with van der Waals surface area (Å²) in [6, 6.07) is 12.7. The number of benzene rings is 2. The summed E-state index contributed by atoms with van der Waals surface area (Å²) in [4.78, 5) is 0. The molecule has 0 aliphatic rings. The highest BCUT2D eigenvalue weighted by Crippen LogP contribution is 2.27. The maximum Gasteiger partial charge on any atom is 0.124 e. The number of aryl methyl sites for hydroxylation is 1. The fraction of sp³-hybridized carbons (Fsp3) is 0.250. The van der Waals surface area contributed by atoms with Crippen LogP contribution < -0.4 is 9.47 Å². The van der Waals surface area contributed by atoms with Crippen molar-refractivity contribution in [3.63, 3.8) is 0 Å². The fourth-order valence-corrected chi connectivity index (χ4v) is 2.04. The number of rotatable bonds is 5. The molecule has 3 nitrogen and oxygen atoms in total. The van der Waals surface area contributed by atoms with Gasteiger partial charge in [0.25, 0.3) is 0 Å². The number of ether oxygens (including phenoxy) is 2. The zero-order chi connectivity index (χ0) is 14.5. The molecule has 0 saturated carbocycles. The molecule has 0 bridgehead atoms. The third-order valence-corrected chi connectivity index (χ3v) is 3.22. The average Bonchev–Trinajstić information content (AvgIpc) is 2.46. The highest BCUT2D eigenvalue weighted by atomic mass is 35.5. The van der Waals surface area contributed by atoms with Crippen LogP contribution in [0.25, 0.3) is 0 Å². The van der Waals surface area contributed by atoms with Crippen molar-refractivity contribution in [2.45, 2.75) is 13.0 Å². The van der Waals surface area contributed by atoms with Gasteiger partial charge in [-0.3, -0.25) is 0 Å². The molecule has 1 N–H and O–H groups in total. The van der Waals surface area contributed by atoms with E-state index in [1.165, 1.54) is 0 Å². The van der Waals surface area contributed by atoms with Gasteiger partial charge >= 0.3 is 0 Å². The fourth-order valence-electron chi connectivity index (χ4n) is 1.91. The first-order chi connectivity index (χ1) is 9.60. The molecular weight excluding hydrogens is 276 g/mol. The summed E-state index contributed by atoms with van der Waals surface area (Å²) in [5.41, 5.74) is 1.79. The molecule has 0 amide bonds. The molecule has 0 aliphatic carbocycles. The molecule has 0 saturated heterocycles. The predicted molar refractivity (Wildman–Crippen MR) is 79.6 cm³/mol. The Kier molecular flexibility index (Phi) is 4.88. The van der Waals surface area contributed by atoms with Crippen molar-refractivity contribution in [1.82, 2.24) is 0 Å². The van der Waals surface area contributed by atoms with E-state index in [9.17, 15) is 5.11 Å². The number of methoxy groups -OCH3 is 1. The van der Waals surface area contributed by atoms with Crippen LogP contribution in [0.1, 0.15) is 17.2 Å². The van der Waals surface area contributed by atoms with E-state index in [-0.39, 0.29) is 6.61 Å². The van der Waals surface area contributed by atoms with Gasteiger partial charge in [-0.2, -0.15) is 0 Å². The first kappa shape index (κ1) is 14.7. The first-order valence-corrected chi connectivity index (χ1v) is 6.69. The lowest BCUT2D eigenvalue weighted by Gasteiger charge is -2.16. The number of hydrogen-bond acceptors (Lipinski definition) is 3. The predicted octanol–water partition coefficient (Wildman–Crippen LogP) is 3.77. The van der Waals surface area contributed by atoms with Crippen LogP contribution in [0, 0.1) is 6.92 Å². The summed E-state index contributed by atoms with van der Waals surface area (Å²) < 4.78 is 10.8. The zero-order valence-electron chi connectivity index (χ0n) is 11.5. The molecule has 4 heteroatoms. The molecule has 2 aromatic carbocycles. The molecule has 2 rings (SSSR count). The third kappa shape index (κ3) is 3.65. The van der Waals surface area contributed by atoms with Crippen LogP contribution >= 0.6 is 11.6 Å². The van der Waals surface area contributed by atoms with Gasteiger partial charge in [0.1, 0.15) is 24.2 Å². The van der Waals surface area contributed by atoms with Crippen molar-refractivity contribution in [2.75, 3.05) is 13.7 Å². The van der Waals surface area contributed by atoms with Crippen LogP contribution in [0.3, 0.4) is 0 Å². The van der Waals surface area contributed by atoms with Gasteiger partial charge in [-0.05, 0) is 43.3 Å². The van der Waals surface area contributed by atoms with Crippen molar-refractivity contribution >= 4 is 11.6 Å². The Labute approximate surface area is 123 Å². The minimum Gasteiger partial charge on any atom is -0.496 e. The van der Waals surface area contributed by atoms with Gasteiger partial charge in [-0.15, -0.1) is 0 Å². The number of halogens is 1. The van der Waals surface area contributed by atoms with Crippen molar-refractivity contribution < 1.29 is 14.6 Å². The smallest absolute Gasteiger partial charge is 0.124 e. The van der Waals surface area contributed by atoms with Gasteiger partial charge in [0.05, 0.1) is 7.11 Å². The van der Waals surface area contributed by atoms with Crippen molar-refractivity contribution in [3.8, 4) is 11.5 Å². The Morgan fingerprint density at radius 1 is 1.15 bits per heavy atom. The second kappa shape index (κ2) is 6.64. The normalized spacial score (nSPS) is 12.0. The summed E-state index contributed by atoms with van der Waals surface area (Å²) in [7, 11) is 1.58. The molecule has 0 aliphatic heterocycles. The average molecular weight is 293 g/mol. The van der Waals surface area contributed by atoms with E-state index < -0.39 is 6.10 Å². The van der Waals surface area contributed by atoms with Crippen LogP contribution in [0.15, 0.2) is 42.5 Å². The first-order valence-electron chi connectivity index (χ1n) is 6.31. The number of hydrogen-bond donors (Lipinski definition) is 1. The second-order valence-electron chi connectivity index (χ2n) is 4.53. The molecule has 1 unspecified atom stereocenters. The summed E-state index contributed by atoms with van der Waals surface area (Å²) in [5, 5.41) is 10.9. The molecule has 0 radical (unpaired) electrons. The minimum atomic E-state index is -0.750. The van der Waals surface area contributed by atoms with Gasteiger partial charge in [-0.25, -0.2) is 0 Å². The summed E-state index contributed by atoms with van der Waals surface area (Å²) in [6.45, 7) is 2.12. The Morgan fingerprint density at radius 3 is 2.50 bits per heavy atom. The Balaban J connectivity index is 2.06. The van der Waals surface area contributed by atoms with Crippen molar-refractivity contribution in [1.29, 1.82) is 0 Å². The standard InChI is InChI=1S/C16H17ClO3/c1-11-3-8-16(19-2)14(9-11)15(18)10-20-13-6-4-12(17)5-7-13/h3-9,15,18H,10H2,1-2H3. The largest absolute Gasteiger partial charge is 0.496 e. The molecular formula is C16H17ClO3. The van der Waals surface area contributed by atoms with Crippen LogP contribution in [0.4, 0.5) is 0 Å². The van der Waals surface area contributed by atoms with Gasteiger partial charge in [0.15, 0.2) is 0 Å². The number of aliphatic hydroxyl groups excluding tert-OH is 1. The molecule has 2 aromatic rings.